The number of hydrogen-bond donors (Lipinski definition) is 1. The Hall–Kier alpha value is -0.610. The first-order chi connectivity index (χ1) is 7.59. The molecule has 92 valence electrons. The summed E-state index contributed by atoms with van der Waals surface area (Å²) in [7, 11) is 0. The average Bonchev–Trinajstić information content (AvgIpc) is 2.51. The van der Waals surface area contributed by atoms with Gasteiger partial charge in [-0.3, -0.25) is 9.69 Å². The van der Waals surface area contributed by atoms with Gasteiger partial charge in [-0.15, -0.1) is 0 Å². The number of nitrogens with one attached hydrogen (secondary N) is 1. The third kappa shape index (κ3) is 2.23. The lowest BCUT2D eigenvalue weighted by Crippen LogP contribution is -2.55. The number of likely N-dealkylation sites (tertiary alicyclic amines) is 1. The van der Waals surface area contributed by atoms with Gasteiger partial charge in [-0.25, -0.2) is 0 Å². The number of nitrogens with zero attached hydrogens (tertiary/aromatic N) is 1. The molecule has 2 rings (SSSR count). The fourth-order valence-corrected chi connectivity index (χ4v) is 2.75. The summed E-state index contributed by atoms with van der Waals surface area (Å²) >= 11 is 0. The summed E-state index contributed by atoms with van der Waals surface area (Å²) in [5.74, 6) is 0.147. The number of carbonyl (C=O) groups is 1. The molecule has 2 aliphatic rings. The number of hydrogen-bond acceptors (Lipinski definition) is 3. The Labute approximate surface area is 97.3 Å². The van der Waals surface area contributed by atoms with Gasteiger partial charge in [0.05, 0.1) is 25.3 Å². The second-order valence-electron chi connectivity index (χ2n) is 5.14. The van der Waals surface area contributed by atoms with Gasteiger partial charge in [0.2, 0.25) is 5.91 Å². The number of carbonyl (C=O) groups excluding carboxylic acids is 1. The summed E-state index contributed by atoms with van der Waals surface area (Å²) < 4.78 is 5.05. The van der Waals surface area contributed by atoms with E-state index in [0.29, 0.717) is 25.3 Å². The molecule has 4 heteroatoms. The quantitative estimate of drug-likeness (QED) is 0.772. The van der Waals surface area contributed by atoms with Gasteiger partial charge in [-0.05, 0) is 33.6 Å². The molecule has 0 aromatic carbocycles. The molecule has 2 saturated heterocycles. The second-order valence-corrected chi connectivity index (χ2v) is 5.14. The Morgan fingerprint density at radius 3 is 2.31 bits per heavy atom. The molecule has 1 N–H and O–H groups in total. The van der Waals surface area contributed by atoms with Crippen LogP contribution in [0.25, 0.3) is 0 Å². The maximum atomic E-state index is 12.0. The minimum Gasteiger partial charge on any atom is -0.377 e. The fraction of sp³-hybridized carbons (Fsp3) is 0.917. The van der Waals surface area contributed by atoms with E-state index >= 15 is 0 Å². The zero-order valence-electron chi connectivity index (χ0n) is 10.4. The van der Waals surface area contributed by atoms with Gasteiger partial charge in [0.1, 0.15) is 0 Å². The number of amides is 1. The maximum Gasteiger partial charge on any atom is 0.237 e. The molecule has 0 spiro atoms. The highest BCUT2D eigenvalue weighted by molar-refractivity contribution is 5.81. The van der Waals surface area contributed by atoms with E-state index in [9.17, 15) is 4.79 Å². The van der Waals surface area contributed by atoms with Crippen molar-refractivity contribution in [2.75, 3.05) is 13.2 Å². The van der Waals surface area contributed by atoms with Crippen LogP contribution in [0.4, 0.5) is 0 Å². The Kier molecular flexibility index (Phi) is 3.50. The molecule has 0 aromatic rings. The molecular weight excluding hydrogens is 204 g/mol. The van der Waals surface area contributed by atoms with Crippen LogP contribution in [0.2, 0.25) is 0 Å². The molecule has 16 heavy (non-hydrogen) atoms. The van der Waals surface area contributed by atoms with Crippen LogP contribution in [0.1, 0.15) is 33.6 Å². The highest BCUT2D eigenvalue weighted by Crippen LogP contribution is 2.25. The highest BCUT2D eigenvalue weighted by atomic mass is 16.5. The molecule has 0 aliphatic carbocycles. The molecule has 0 aromatic heterocycles. The molecule has 0 bridgehead atoms. The lowest BCUT2D eigenvalue weighted by molar-refractivity contribution is -0.131. The van der Waals surface area contributed by atoms with Crippen LogP contribution in [0.5, 0.6) is 0 Å². The molecule has 3 unspecified atom stereocenters. The third-order valence-corrected chi connectivity index (χ3v) is 3.83. The Morgan fingerprint density at radius 1 is 1.31 bits per heavy atom. The van der Waals surface area contributed by atoms with Crippen LogP contribution in [0, 0.1) is 0 Å². The van der Waals surface area contributed by atoms with Crippen LogP contribution in [-0.2, 0) is 9.53 Å². The summed E-state index contributed by atoms with van der Waals surface area (Å²) in [5.41, 5.74) is 0. The van der Waals surface area contributed by atoms with Crippen molar-refractivity contribution in [2.45, 2.75) is 57.8 Å². The van der Waals surface area contributed by atoms with Crippen LogP contribution in [0.15, 0.2) is 0 Å². The summed E-state index contributed by atoms with van der Waals surface area (Å²) in [6.07, 6.45) is 2.40. The molecule has 2 fully saturated rings. The maximum absolute atomic E-state index is 12.0. The van der Waals surface area contributed by atoms with Crippen molar-refractivity contribution in [3.05, 3.63) is 0 Å². The zero-order valence-corrected chi connectivity index (χ0v) is 10.4. The van der Waals surface area contributed by atoms with Crippen molar-refractivity contribution in [2.24, 2.45) is 0 Å². The molecular formula is C12H22N2O2. The van der Waals surface area contributed by atoms with E-state index in [1.807, 2.05) is 6.92 Å². The Morgan fingerprint density at radius 2 is 1.88 bits per heavy atom. The van der Waals surface area contributed by atoms with Gasteiger partial charge in [0, 0.05) is 12.1 Å². The van der Waals surface area contributed by atoms with Gasteiger partial charge in [-0.1, -0.05) is 0 Å². The van der Waals surface area contributed by atoms with Crippen molar-refractivity contribution in [1.82, 2.24) is 10.2 Å². The molecule has 3 atom stereocenters. The van der Waals surface area contributed by atoms with E-state index in [1.165, 1.54) is 12.8 Å². The summed E-state index contributed by atoms with van der Waals surface area (Å²) in [5, 5.41) is 3.03. The van der Waals surface area contributed by atoms with E-state index in [2.05, 4.69) is 24.1 Å². The smallest absolute Gasteiger partial charge is 0.237 e. The molecule has 2 heterocycles. The molecule has 0 saturated carbocycles. The van der Waals surface area contributed by atoms with Crippen molar-refractivity contribution >= 4 is 5.91 Å². The van der Waals surface area contributed by atoms with E-state index in [-0.39, 0.29) is 18.0 Å². The largest absolute Gasteiger partial charge is 0.377 e. The van der Waals surface area contributed by atoms with Gasteiger partial charge in [0.15, 0.2) is 0 Å². The van der Waals surface area contributed by atoms with Crippen molar-refractivity contribution in [3.63, 3.8) is 0 Å². The molecule has 2 aliphatic heterocycles. The monoisotopic (exact) mass is 226 g/mol. The predicted molar refractivity (Wildman–Crippen MR) is 62.2 cm³/mol. The topological polar surface area (TPSA) is 41.6 Å². The Bertz CT molecular complexity index is 256. The van der Waals surface area contributed by atoms with Crippen LogP contribution in [0.3, 0.4) is 0 Å². The third-order valence-electron chi connectivity index (χ3n) is 3.83. The van der Waals surface area contributed by atoms with E-state index in [4.69, 9.17) is 4.74 Å². The molecule has 0 radical (unpaired) electrons. The minimum absolute atomic E-state index is 0.0203. The predicted octanol–water partition coefficient (Wildman–Crippen LogP) is 0.763. The minimum atomic E-state index is -0.0203. The standard InChI is InChI=1S/C12H22N2O2/c1-8-4-5-9(2)14(8)10(3)12(15)13-11-6-16-7-11/h8-11H,4-7H2,1-3H3,(H,13,15). The lowest BCUT2D eigenvalue weighted by Gasteiger charge is -2.34. The van der Waals surface area contributed by atoms with Crippen LogP contribution >= 0.6 is 0 Å². The van der Waals surface area contributed by atoms with Crippen LogP contribution < -0.4 is 5.32 Å². The van der Waals surface area contributed by atoms with Gasteiger partial charge in [0.25, 0.3) is 0 Å². The van der Waals surface area contributed by atoms with Crippen molar-refractivity contribution in [3.8, 4) is 0 Å². The fourth-order valence-electron chi connectivity index (χ4n) is 2.75. The first kappa shape index (κ1) is 11.9. The summed E-state index contributed by atoms with van der Waals surface area (Å²) in [6.45, 7) is 7.76. The van der Waals surface area contributed by atoms with Crippen LogP contribution in [-0.4, -0.2) is 48.2 Å². The first-order valence-corrected chi connectivity index (χ1v) is 6.25. The van der Waals surface area contributed by atoms with Gasteiger partial charge >= 0.3 is 0 Å². The molecule has 4 nitrogen and oxygen atoms in total. The number of ether oxygens (including phenoxy) is 1. The highest BCUT2D eigenvalue weighted by Gasteiger charge is 2.35. The summed E-state index contributed by atoms with van der Waals surface area (Å²) in [4.78, 5) is 14.3. The number of rotatable bonds is 3. The van der Waals surface area contributed by atoms with E-state index in [0.717, 1.165) is 0 Å². The average molecular weight is 226 g/mol. The van der Waals surface area contributed by atoms with Gasteiger partial charge < -0.3 is 10.1 Å². The second kappa shape index (κ2) is 4.72. The molecule has 1 amide bonds. The van der Waals surface area contributed by atoms with E-state index < -0.39 is 0 Å². The van der Waals surface area contributed by atoms with Gasteiger partial charge in [-0.2, -0.15) is 0 Å². The Balaban J connectivity index is 1.89. The first-order valence-electron chi connectivity index (χ1n) is 6.25. The lowest BCUT2D eigenvalue weighted by atomic mass is 10.1. The normalized spacial score (nSPS) is 33.4. The van der Waals surface area contributed by atoms with Crippen molar-refractivity contribution in [1.29, 1.82) is 0 Å². The summed E-state index contributed by atoms with van der Waals surface area (Å²) in [6, 6.07) is 1.26. The SMILES string of the molecule is CC1CCC(C)N1C(C)C(=O)NC1COC1. The van der Waals surface area contributed by atoms with Crippen molar-refractivity contribution < 1.29 is 9.53 Å². The van der Waals surface area contributed by atoms with E-state index in [1.54, 1.807) is 0 Å². The zero-order chi connectivity index (χ0) is 11.7.